The van der Waals surface area contributed by atoms with Crippen LogP contribution in [0.4, 0.5) is 11.4 Å². The third-order valence-corrected chi connectivity index (χ3v) is 5.14. The molecule has 1 aliphatic heterocycles. The standard InChI is InChI=1S/C15H13ClN2O2S/c16-14-6-9-10(2-4-13(9)21-14)17-8-1-3-12-11(5-8)18-15(19)7-20-12/h1,3,5-6,10,17H,2,4,7H2,(H,18,19). The van der Waals surface area contributed by atoms with Gasteiger partial charge in [0.25, 0.3) is 5.91 Å². The number of aryl methyl sites for hydroxylation is 1. The van der Waals surface area contributed by atoms with Crippen LogP contribution in [0.3, 0.4) is 0 Å². The van der Waals surface area contributed by atoms with Gasteiger partial charge < -0.3 is 15.4 Å². The molecule has 108 valence electrons. The number of hydrogen-bond donors (Lipinski definition) is 2. The highest BCUT2D eigenvalue weighted by molar-refractivity contribution is 7.16. The minimum atomic E-state index is -0.118. The summed E-state index contributed by atoms with van der Waals surface area (Å²) in [4.78, 5) is 12.7. The number of thiophene rings is 1. The van der Waals surface area contributed by atoms with Gasteiger partial charge in [-0.25, -0.2) is 0 Å². The second-order valence-corrected chi connectivity index (χ2v) is 6.98. The molecule has 6 heteroatoms. The van der Waals surface area contributed by atoms with Crippen molar-refractivity contribution in [2.24, 2.45) is 0 Å². The largest absolute Gasteiger partial charge is 0.482 e. The van der Waals surface area contributed by atoms with Crippen LogP contribution in [0.2, 0.25) is 4.34 Å². The molecule has 0 saturated carbocycles. The fraction of sp³-hybridized carbons (Fsp3) is 0.267. The Morgan fingerprint density at radius 1 is 1.38 bits per heavy atom. The molecule has 1 amide bonds. The minimum absolute atomic E-state index is 0.0825. The van der Waals surface area contributed by atoms with Crippen LogP contribution >= 0.6 is 22.9 Å². The van der Waals surface area contributed by atoms with Gasteiger partial charge in [0, 0.05) is 10.6 Å². The van der Waals surface area contributed by atoms with Gasteiger partial charge in [-0.3, -0.25) is 4.79 Å². The van der Waals surface area contributed by atoms with Gasteiger partial charge in [-0.05, 0) is 42.7 Å². The molecule has 2 aromatic rings. The highest BCUT2D eigenvalue weighted by Crippen LogP contribution is 2.41. The van der Waals surface area contributed by atoms with Gasteiger partial charge in [-0.15, -0.1) is 11.3 Å². The summed E-state index contributed by atoms with van der Waals surface area (Å²) < 4.78 is 6.21. The number of rotatable bonds is 2. The maximum atomic E-state index is 11.4. The average molecular weight is 321 g/mol. The number of fused-ring (bicyclic) bond motifs is 2. The summed E-state index contributed by atoms with van der Waals surface area (Å²) in [6.07, 6.45) is 2.13. The molecule has 0 spiro atoms. The number of nitrogens with one attached hydrogen (secondary N) is 2. The normalized spacial score (nSPS) is 19.5. The molecule has 0 bridgehead atoms. The van der Waals surface area contributed by atoms with Crippen molar-refractivity contribution in [1.82, 2.24) is 0 Å². The first-order valence-electron chi connectivity index (χ1n) is 6.80. The van der Waals surface area contributed by atoms with Crippen LogP contribution < -0.4 is 15.4 Å². The fourth-order valence-corrected chi connectivity index (χ4v) is 4.21. The van der Waals surface area contributed by atoms with E-state index < -0.39 is 0 Å². The maximum Gasteiger partial charge on any atom is 0.262 e. The van der Waals surface area contributed by atoms with Crippen molar-refractivity contribution >= 4 is 40.2 Å². The molecule has 0 fully saturated rings. The van der Waals surface area contributed by atoms with Crippen LogP contribution in [0, 0.1) is 0 Å². The van der Waals surface area contributed by atoms with Crippen molar-refractivity contribution in [1.29, 1.82) is 0 Å². The van der Waals surface area contributed by atoms with Crippen molar-refractivity contribution in [3.05, 3.63) is 39.0 Å². The van der Waals surface area contributed by atoms with E-state index in [0.717, 1.165) is 28.6 Å². The quantitative estimate of drug-likeness (QED) is 0.884. The average Bonchev–Trinajstić information content (AvgIpc) is 2.99. The lowest BCUT2D eigenvalue weighted by molar-refractivity contribution is -0.118. The number of amides is 1. The van der Waals surface area contributed by atoms with Crippen molar-refractivity contribution < 1.29 is 9.53 Å². The topological polar surface area (TPSA) is 50.4 Å². The van der Waals surface area contributed by atoms with E-state index in [9.17, 15) is 4.79 Å². The van der Waals surface area contributed by atoms with Gasteiger partial charge in [0.2, 0.25) is 0 Å². The lowest BCUT2D eigenvalue weighted by Crippen LogP contribution is -2.25. The predicted molar refractivity (Wildman–Crippen MR) is 84.6 cm³/mol. The highest BCUT2D eigenvalue weighted by Gasteiger charge is 2.25. The lowest BCUT2D eigenvalue weighted by Gasteiger charge is -2.20. The summed E-state index contributed by atoms with van der Waals surface area (Å²) in [5.74, 6) is 0.596. The summed E-state index contributed by atoms with van der Waals surface area (Å²) >= 11 is 7.75. The van der Waals surface area contributed by atoms with E-state index >= 15 is 0 Å². The molecule has 1 aromatic heterocycles. The number of carbonyl (C=O) groups excluding carboxylic acids is 1. The van der Waals surface area contributed by atoms with E-state index in [-0.39, 0.29) is 18.6 Å². The van der Waals surface area contributed by atoms with Crippen molar-refractivity contribution in [3.8, 4) is 5.75 Å². The number of halogens is 1. The third-order valence-electron chi connectivity index (χ3n) is 3.80. The van der Waals surface area contributed by atoms with Gasteiger partial charge in [0.1, 0.15) is 5.75 Å². The van der Waals surface area contributed by atoms with Gasteiger partial charge in [0.15, 0.2) is 6.61 Å². The smallest absolute Gasteiger partial charge is 0.262 e. The van der Waals surface area contributed by atoms with Gasteiger partial charge >= 0.3 is 0 Å². The van der Waals surface area contributed by atoms with E-state index in [1.165, 1.54) is 10.4 Å². The number of carbonyl (C=O) groups is 1. The molecule has 2 heterocycles. The second kappa shape index (κ2) is 4.93. The Balaban J connectivity index is 1.58. The lowest BCUT2D eigenvalue weighted by atomic mass is 10.1. The minimum Gasteiger partial charge on any atom is -0.482 e. The molecule has 2 aliphatic rings. The number of hydrogen-bond acceptors (Lipinski definition) is 4. The van der Waals surface area contributed by atoms with Crippen LogP contribution in [-0.4, -0.2) is 12.5 Å². The van der Waals surface area contributed by atoms with Crippen molar-refractivity contribution in [2.75, 3.05) is 17.2 Å². The van der Waals surface area contributed by atoms with Gasteiger partial charge in [-0.2, -0.15) is 0 Å². The van der Waals surface area contributed by atoms with E-state index in [1.54, 1.807) is 11.3 Å². The van der Waals surface area contributed by atoms with Crippen LogP contribution in [0.25, 0.3) is 0 Å². The third kappa shape index (κ3) is 2.36. The Labute approximate surface area is 131 Å². The first kappa shape index (κ1) is 13.0. The predicted octanol–water partition coefficient (Wildman–Crippen LogP) is 3.83. The molecule has 1 aromatic carbocycles. The zero-order chi connectivity index (χ0) is 14.4. The van der Waals surface area contributed by atoms with Crippen LogP contribution in [0.5, 0.6) is 5.75 Å². The molecular formula is C15H13ClN2O2S. The maximum absolute atomic E-state index is 11.4. The van der Waals surface area contributed by atoms with E-state index in [2.05, 4.69) is 16.7 Å². The summed E-state index contributed by atoms with van der Waals surface area (Å²) in [6, 6.07) is 8.10. The monoisotopic (exact) mass is 320 g/mol. The summed E-state index contributed by atoms with van der Waals surface area (Å²) in [5, 5.41) is 6.34. The fourth-order valence-electron chi connectivity index (χ4n) is 2.85. The second-order valence-electron chi connectivity index (χ2n) is 5.21. The molecule has 1 unspecified atom stereocenters. The Bertz CT molecular complexity index is 728. The van der Waals surface area contributed by atoms with E-state index in [1.807, 2.05) is 18.2 Å². The summed E-state index contributed by atoms with van der Waals surface area (Å²) in [5.41, 5.74) is 2.99. The first-order valence-corrected chi connectivity index (χ1v) is 8.00. The Morgan fingerprint density at radius 2 is 2.29 bits per heavy atom. The first-order chi connectivity index (χ1) is 10.2. The molecule has 21 heavy (non-hydrogen) atoms. The zero-order valence-electron chi connectivity index (χ0n) is 11.1. The summed E-state index contributed by atoms with van der Waals surface area (Å²) in [7, 11) is 0. The van der Waals surface area contributed by atoms with Crippen LogP contribution in [-0.2, 0) is 11.2 Å². The Morgan fingerprint density at radius 3 is 3.19 bits per heavy atom. The molecule has 1 aliphatic carbocycles. The molecule has 4 nitrogen and oxygen atoms in total. The number of anilines is 2. The Kier molecular flexibility index (Phi) is 3.05. The SMILES string of the molecule is O=C1COc2ccc(NC3CCc4sc(Cl)cc43)cc2N1. The Hall–Kier alpha value is -1.72. The van der Waals surface area contributed by atoms with Crippen molar-refractivity contribution in [3.63, 3.8) is 0 Å². The highest BCUT2D eigenvalue weighted by atomic mass is 35.5. The van der Waals surface area contributed by atoms with Crippen LogP contribution in [0.15, 0.2) is 24.3 Å². The number of ether oxygens (including phenoxy) is 1. The van der Waals surface area contributed by atoms with Gasteiger partial charge in [-0.1, -0.05) is 11.6 Å². The number of benzene rings is 1. The molecule has 0 radical (unpaired) electrons. The zero-order valence-corrected chi connectivity index (χ0v) is 12.7. The molecule has 0 saturated heterocycles. The molecular weight excluding hydrogens is 308 g/mol. The van der Waals surface area contributed by atoms with Crippen molar-refractivity contribution in [2.45, 2.75) is 18.9 Å². The molecule has 2 N–H and O–H groups in total. The molecule has 1 atom stereocenters. The van der Waals surface area contributed by atoms with Gasteiger partial charge in [0.05, 0.1) is 16.1 Å². The van der Waals surface area contributed by atoms with E-state index in [0.29, 0.717) is 5.75 Å². The molecule has 4 rings (SSSR count). The summed E-state index contributed by atoms with van der Waals surface area (Å²) in [6.45, 7) is 0.0825. The van der Waals surface area contributed by atoms with E-state index in [4.69, 9.17) is 16.3 Å². The van der Waals surface area contributed by atoms with Crippen LogP contribution in [0.1, 0.15) is 22.9 Å².